The van der Waals surface area contributed by atoms with Crippen LogP contribution >= 0.6 is 0 Å². The van der Waals surface area contributed by atoms with Gasteiger partial charge in [-0.15, -0.1) is 0 Å². The first-order valence-corrected chi connectivity index (χ1v) is 7.93. The lowest BCUT2D eigenvalue weighted by molar-refractivity contribution is -0.144. The van der Waals surface area contributed by atoms with Gasteiger partial charge in [-0.2, -0.15) is 0 Å². The molecule has 1 aliphatic carbocycles. The zero-order valence-electron chi connectivity index (χ0n) is 12.9. The van der Waals surface area contributed by atoms with Gasteiger partial charge in [-0.3, -0.25) is 4.79 Å². The molecule has 1 N–H and O–H groups in total. The van der Waals surface area contributed by atoms with Crippen LogP contribution < -0.4 is 5.32 Å². The normalized spacial score (nSPS) is 27.5. The van der Waals surface area contributed by atoms with E-state index in [9.17, 15) is 13.6 Å². The van der Waals surface area contributed by atoms with E-state index in [1.807, 2.05) is 0 Å². The summed E-state index contributed by atoms with van der Waals surface area (Å²) in [6, 6.07) is 3.81. The number of amides is 1. The topological polar surface area (TPSA) is 32.3 Å². The van der Waals surface area contributed by atoms with Gasteiger partial charge in [0.1, 0.15) is 0 Å². The highest BCUT2D eigenvalue weighted by molar-refractivity contribution is 5.83. The van der Waals surface area contributed by atoms with E-state index < -0.39 is 11.6 Å². The van der Waals surface area contributed by atoms with Crippen LogP contribution in [-0.4, -0.2) is 30.9 Å². The summed E-state index contributed by atoms with van der Waals surface area (Å²) in [7, 11) is 1.75. The average Bonchev–Trinajstić information content (AvgIpc) is 2.95. The number of hydrogen-bond donors (Lipinski definition) is 1. The second-order valence-corrected chi connectivity index (χ2v) is 6.64. The van der Waals surface area contributed by atoms with E-state index in [4.69, 9.17) is 0 Å². The summed E-state index contributed by atoms with van der Waals surface area (Å²) < 4.78 is 26.3. The molecule has 0 bridgehead atoms. The highest BCUT2D eigenvalue weighted by Crippen LogP contribution is 2.45. The lowest BCUT2D eigenvalue weighted by Crippen LogP contribution is -2.48. The lowest BCUT2D eigenvalue weighted by Gasteiger charge is -2.39. The molecule has 1 saturated heterocycles. The molecule has 5 heteroatoms. The zero-order valence-corrected chi connectivity index (χ0v) is 12.9. The number of carbonyl (C=O) groups is 1. The fraction of sp³-hybridized carbons (Fsp3) is 0.588. The Bertz CT molecular complexity index is 578. The predicted molar refractivity (Wildman–Crippen MR) is 80.1 cm³/mol. The minimum atomic E-state index is -0.866. The molecule has 1 saturated carbocycles. The molecule has 0 aromatic heterocycles. The molecule has 2 aliphatic rings. The maximum absolute atomic E-state index is 13.3. The maximum atomic E-state index is 13.3. The van der Waals surface area contributed by atoms with Gasteiger partial charge in [0.25, 0.3) is 0 Å². The summed E-state index contributed by atoms with van der Waals surface area (Å²) in [6.45, 7) is 1.95. The van der Waals surface area contributed by atoms with E-state index in [-0.39, 0.29) is 11.3 Å². The van der Waals surface area contributed by atoms with Gasteiger partial charge < -0.3 is 10.2 Å². The first kappa shape index (κ1) is 15.4. The quantitative estimate of drug-likeness (QED) is 0.931. The fourth-order valence-electron chi connectivity index (χ4n) is 4.03. The summed E-state index contributed by atoms with van der Waals surface area (Å²) in [5, 5.41) is 3.36. The highest BCUT2D eigenvalue weighted by atomic mass is 19.2. The van der Waals surface area contributed by atoms with Crippen LogP contribution in [0, 0.1) is 23.0 Å². The van der Waals surface area contributed by atoms with Gasteiger partial charge in [0.2, 0.25) is 5.91 Å². The van der Waals surface area contributed by atoms with E-state index in [1.54, 1.807) is 11.9 Å². The van der Waals surface area contributed by atoms with Crippen LogP contribution in [0.25, 0.3) is 0 Å². The highest BCUT2D eigenvalue weighted by Gasteiger charge is 2.50. The Balaban J connectivity index is 1.75. The van der Waals surface area contributed by atoms with E-state index in [0.29, 0.717) is 18.0 Å². The molecule has 1 aromatic rings. The van der Waals surface area contributed by atoms with Crippen LogP contribution in [0.2, 0.25) is 0 Å². The smallest absolute Gasteiger partial charge is 0.230 e. The Morgan fingerprint density at radius 1 is 1.36 bits per heavy atom. The zero-order chi connectivity index (χ0) is 15.7. The Morgan fingerprint density at radius 2 is 2.18 bits per heavy atom. The van der Waals surface area contributed by atoms with Gasteiger partial charge in [-0.25, -0.2) is 8.78 Å². The van der Waals surface area contributed by atoms with Crippen molar-refractivity contribution in [3.05, 3.63) is 35.4 Å². The van der Waals surface area contributed by atoms with Crippen molar-refractivity contribution in [1.29, 1.82) is 0 Å². The summed E-state index contributed by atoms with van der Waals surface area (Å²) in [5.74, 6) is -1.19. The molecule has 120 valence electrons. The van der Waals surface area contributed by atoms with Crippen molar-refractivity contribution in [3.63, 3.8) is 0 Å². The van der Waals surface area contributed by atoms with Crippen molar-refractivity contribution >= 4 is 5.91 Å². The average molecular weight is 308 g/mol. The van der Waals surface area contributed by atoms with Gasteiger partial charge in [0, 0.05) is 20.1 Å². The molecular formula is C17H22F2N2O. The molecule has 2 atom stereocenters. The van der Waals surface area contributed by atoms with Crippen molar-refractivity contribution in [1.82, 2.24) is 10.2 Å². The second-order valence-electron chi connectivity index (χ2n) is 6.64. The molecule has 1 heterocycles. The van der Waals surface area contributed by atoms with Crippen molar-refractivity contribution in [3.8, 4) is 0 Å². The molecule has 3 rings (SSSR count). The number of rotatable bonds is 3. The molecule has 1 aliphatic heterocycles. The summed E-state index contributed by atoms with van der Waals surface area (Å²) in [4.78, 5) is 14.6. The summed E-state index contributed by atoms with van der Waals surface area (Å²) >= 11 is 0. The van der Waals surface area contributed by atoms with E-state index in [2.05, 4.69) is 5.32 Å². The Kier molecular flexibility index (Phi) is 4.17. The van der Waals surface area contributed by atoms with E-state index in [0.717, 1.165) is 38.4 Å². The molecule has 1 aromatic carbocycles. The van der Waals surface area contributed by atoms with Crippen molar-refractivity contribution in [2.45, 2.75) is 32.2 Å². The first-order valence-electron chi connectivity index (χ1n) is 7.93. The summed E-state index contributed by atoms with van der Waals surface area (Å²) in [5.41, 5.74) is 0.315. The SMILES string of the molecule is CN(Cc1ccc(F)c(F)c1)C(=O)[C@@]12CCCC[C@H]1CNC2. The van der Waals surface area contributed by atoms with Crippen molar-refractivity contribution in [2.75, 3.05) is 20.1 Å². The van der Waals surface area contributed by atoms with Gasteiger partial charge in [-0.05, 0) is 43.0 Å². The molecular weight excluding hydrogens is 286 g/mol. The summed E-state index contributed by atoms with van der Waals surface area (Å²) in [6.07, 6.45) is 4.29. The van der Waals surface area contributed by atoms with Gasteiger partial charge >= 0.3 is 0 Å². The van der Waals surface area contributed by atoms with Gasteiger partial charge in [0.05, 0.1) is 5.41 Å². The first-order chi connectivity index (χ1) is 10.5. The van der Waals surface area contributed by atoms with E-state index >= 15 is 0 Å². The Labute approximate surface area is 129 Å². The van der Waals surface area contributed by atoms with Crippen molar-refractivity contribution in [2.24, 2.45) is 11.3 Å². The van der Waals surface area contributed by atoms with Crippen LogP contribution in [0.3, 0.4) is 0 Å². The molecule has 3 nitrogen and oxygen atoms in total. The van der Waals surface area contributed by atoms with Gasteiger partial charge in [0.15, 0.2) is 11.6 Å². The standard InChI is InChI=1S/C17H22F2N2O/c1-21(10-12-5-6-14(18)15(19)8-12)16(22)17-7-3-2-4-13(17)9-20-11-17/h5-6,8,13,20H,2-4,7,9-11H2,1H3/t13-,17+/m0/s1. The second kappa shape index (κ2) is 5.95. The largest absolute Gasteiger partial charge is 0.341 e. The molecule has 0 spiro atoms. The molecule has 0 radical (unpaired) electrons. The minimum Gasteiger partial charge on any atom is -0.341 e. The molecule has 22 heavy (non-hydrogen) atoms. The third-order valence-electron chi connectivity index (χ3n) is 5.21. The molecule has 2 fully saturated rings. The van der Waals surface area contributed by atoms with Gasteiger partial charge in [-0.1, -0.05) is 18.9 Å². The number of nitrogens with zero attached hydrogens (tertiary/aromatic N) is 1. The number of fused-ring (bicyclic) bond motifs is 1. The lowest BCUT2D eigenvalue weighted by atomic mass is 9.67. The molecule has 0 unspecified atom stereocenters. The van der Waals surface area contributed by atoms with Crippen LogP contribution in [-0.2, 0) is 11.3 Å². The number of hydrogen-bond acceptors (Lipinski definition) is 2. The number of halogens is 2. The minimum absolute atomic E-state index is 0.131. The van der Waals surface area contributed by atoms with Crippen LogP contribution in [0.4, 0.5) is 8.78 Å². The maximum Gasteiger partial charge on any atom is 0.230 e. The van der Waals surface area contributed by atoms with E-state index in [1.165, 1.54) is 18.6 Å². The Hall–Kier alpha value is -1.49. The van der Waals surface area contributed by atoms with Crippen LogP contribution in [0.1, 0.15) is 31.2 Å². The van der Waals surface area contributed by atoms with Crippen LogP contribution in [0.15, 0.2) is 18.2 Å². The number of carbonyl (C=O) groups excluding carboxylic acids is 1. The Morgan fingerprint density at radius 3 is 2.95 bits per heavy atom. The number of nitrogens with one attached hydrogen (secondary N) is 1. The third kappa shape index (κ3) is 2.62. The molecule has 1 amide bonds. The monoisotopic (exact) mass is 308 g/mol. The number of benzene rings is 1. The van der Waals surface area contributed by atoms with Crippen molar-refractivity contribution < 1.29 is 13.6 Å². The van der Waals surface area contributed by atoms with Crippen LogP contribution in [0.5, 0.6) is 0 Å². The third-order valence-corrected chi connectivity index (χ3v) is 5.21. The fourth-order valence-corrected chi connectivity index (χ4v) is 4.03. The predicted octanol–water partition coefficient (Wildman–Crippen LogP) is 2.70.